The molecule has 0 aliphatic rings. The highest BCUT2D eigenvalue weighted by atomic mass is 32.1. The third kappa shape index (κ3) is 3.41. The number of nitrogens with one attached hydrogen (secondary N) is 2. The first-order valence-corrected chi connectivity index (χ1v) is 8.95. The van der Waals surface area contributed by atoms with Gasteiger partial charge < -0.3 is 10.6 Å². The van der Waals surface area contributed by atoms with Gasteiger partial charge in [0.05, 0.1) is 5.39 Å². The zero-order valence-corrected chi connectivity index (χ0v) is 14.9. The molecule has 4 rings (SSSR count). The van der Waals surface area contributed by atoms with Crippen molar-refractivity contribution in [2.24, 2.45) is 0 Å². The Labute approximate surface area is 154 Å². The maximum Gasteiger partial charge on any atom is 0.221 e. The van der Waals surface area contributed by atoms with Crippen molar-refractivity contribution in [3.63, 3.8) is 0 Å². The maximum atomic E-state index is 11.1. The second-order valence-electron chi connectivity index (χ2n) is 5.80. The fraction of sp³-hybridized carbons (Fsp3) is 0.0500. The Balaban J connectivity index is 1.64. The van der Waals surface area contributed by atoms with Crippen LogP contribution < -0.4 is 10.6 Å². The highest BCUT2D eigenvalue weighted by molar-refractivity contribution is 7.21. The fourth-order valence-electron chi connectivity index (χ4n) is 2.68. The molecule has 0 saturated carbocycles. The zero-order valence-electron chi connectivity index (χ0n) is 14.1. The van der Waals surface area contributed by atoms with Gasteiger partial charge in [0.1, 0.15) is 17.0 Å². The Kier molecular flexibility index (Phi) is 4.33. The van der Waals surface area contributed by atoms with Crippen LogP contribution in [0.15, 0.2) is 67.0 Å². The van der Waals surface area contributed by atoms with Crippen molar-refractivity contribution in [3.05, 3.63) is 67.0 Å². The number of hydrogen-bond donors (Lipinski definition) is 2. The number of rotatable bonds is 4. The highest BCUT2D eigenvalue weighted by Crippen LogP contribution is 2.35. The maximum absolute atomic E-state index is 11.1. The summed E-state index contributed by atoms with van der Waals surface area (Å²) in [5.41, 5.74) is 2.82. The molecule has 2 heterocycles. The molecule has 128 valence electrons. The van der Waals surface area contributed by atoms with E-state index in [1.54, 1.807) is 17.7 Å². The molecule has 0 unspecified atom stereocenters. The zero-order chi connectivity index (χ0) is 17.9. The van der Waals surface area contributed by atoms with Gasteiger partial charge in [0.15, 0.2) is 0 Å². The molecule has 6 heteroatoms. The van der Waals surface area contributed by atoms with Gasteiger partial charge in [0, 0.05) is 23.2 Å². The number of anilines is 3. The van der Waals surface area contributed by atoms with Crippen molar-refractivity contribution >= 4 is 44.7 Å². The van der Waals surface area contributed by atoms with Crippen molar-refractivity contribution in [2.45, 2.75) is 6.92 Å². The largest absolute Gasteiger partial charge is 0.340 e. The second-order valence-corrected chi connectivity index (χ2v) is 6.83. The normalized spacial score (nSPS) is 10.7. The van der Waals surface area contributed by atoms with E-state index in [0.717, 1.165) is 32.3 Å². The van der Waals surface area contributed by atoms with Crippen molar-refractivity contribution < 1.29 is 4.79 Å². The minimum atomic E-state index is -0.0880. The number of carbonyl (C=O) groups is 1. The molecular weight excluding hydrogens is 344 g/mol. The molecule has 1 amide bonds. The van der Waals surface area contributed by atoms with Gasteiger partial charge in [-0.25, -0.2) is 9.97 Å². The summed E-state index contributed by atoms with van der Waals surface area (Å²) in [7, 11) is 0. The third-order valence-corrected chi connectivity index (χ3v) is 4.95. The lowest BCUT2D eigenvalue weighted by Crippen LogP contribution is -2.05. The first-order chi connectivity index (χ1) is 12.7. The summed E-state index contributed by atoms with van der Waals surface area (Å²) in [6.45, 7) is 1.49. The molecule has 0 spiro atoms. The Morgan fingerprint density at radius 2 is 1.69 bits per heavy atom. The van der Waals surface area contributed by atoms with Crippen LogP contribution in [0.25, 0.3) is 20.7 Å². The molecule has 0 fully saturated rings. The molecule has 0 aliphatic heterocycles. The number of hydrogen-bond acceptors (Lipinski definition) is 5. The van der Waals surface area contributed by atoms with E-state index in [4.69, 9.17) is 0 Å². The summed E-state index contributed by atoms with van der Waals surface area (Å²) < 4.78 is 0. The van der Waals surface area contributed by atoms with Crippen LogP contribution in [0.5, 0.6) is 0 Å². The second kappa shape index (κ2) is 6.93. The molecule has 5 nitrogen and oxygen atoms in total. The van der Waals surface area contributed by atoms with Gasteiger partial charge in [-0.2, -0.15) is 0 Å². The Morgan fingerprint density at radius 3 is 2.42 bits per heavy atom. The third-order valence-electron chi connectivity index (χ3n) is 3.86. The first kappa shape index (κ1) is 16.2. The molecule has 0 atom stereocenters. The summed E-state index contributed by atoms with van der Waals surface area (Å²) in [5, 5.41) is 7.08. The fourth-order valence-corrected chi connectivity index (χ4v) is 3.68. The Hall–Kier alpha value is -3.25. The van der Waals surface area contributed by atoms with E-state index in [2.05, 4.69) is 38.8 Å². The van der Waals surface area contributed by atoms with Crippen LogP contribution >= 0.6 is 11.3 Å². The van der Waals surface area contributed by atoms with Crippen LogP contribution in [0.3, 0.4) is 0 Å². The summed E-state index contributed by atoms with van der Waals surface area (Å²) in [4.78, 5) is 22.0. The van der Waals surface area contributed by atoms with Crippen molar-refractivity contribution in [3.8, 4) is 10.4 Å². The van der Waals surface area contributed by atoms with Gasteiger partial charge >= 0.3 is 0 Å². The summed E-state index contributed by atoms with van der Waals surface area (Å²) in [6, 6.07) is 19.9. The topological polar surface area (TPSA) is 66.9 Å². The molecule has 26 heavy (non-hydrogen) atoms. The predicted octanol–water partition coefficient (Wildman–Crippen LogP) is 5.06. The van der Waals surface area contributed by atoms with Crippen LogP contribution in [-0.4, -0.2) is 15.9 Å². The van der Waals surface area contributed by atoms with Gasteiger partial charge in [0.25, 0.3) is 0 Å². The van der Waals surface area contributed by atoms with Crippen LogP contribution in [0.4, 0.5) is 17.2 Å². The number of benzene rings is 2. The SMILES string of the molecule is CC(=O)Nc1ccc(Nc2ncnc3sc(-c4ccccc4)cc23)cc1. The van der Waals surface area contributed by atoms with Gasteiger partial charge in [-0.1, -0.05) is 30.3 Å². The summed E-state index contributed by atoms with van der Waals surface area (Å²) >= 11 is 1.65. The van der Waals surface area contributed by atoms with Gasteiger partial charge in [-0.3, -0.25) is 4.79 Å². The molecule has 2 aromatic heterocycles. The van der Waals surface area contributed by atoms with Crippen LogP contribution in [0.2, 0.25) is 0 Å². The van der Waals surface area contributed by atoms with Crippen molar-refractivity contribution in [1.29, 1.82) is 0 Å². The number of aromatic nitrogens is 2. The molecule has 0 bridgehead atoms. The summed E-state index contributed by atoms with van der Waals surface area (Å²) in [6.07, 6.45) is 1.57. The van der Waals surface area contributed by atoms with E-state index < -0.39 is 0 Å². The lowest BCUT2D eigenvalue weighted by molar-refractivity contribution is -0.114. The smallest absolute Gasteiger partial charge is 0.221 e. The number of nitrogens with zero attached hydrogens (tertiary/aromatic N) is 2. The predicted molar refractivity (Wildman–Crippen MR) is 107 cm³/mol. The van der Waals surface area contributed by atoms with E-state index in [9.17, 15) is 4.79 Å². The highest BCUT2D eigenvalue weighted by Gasteiger charge is 2.10. The van der Waals surface area contributed by atoms with E-state index >= 15 is 0 Å². The lowest BCUT2D eigenvalue weighted by atomic mass is 10.2. The van der Waals surface area contributed by atoms with Gasteiger partial charge in [-0.05, 0) is 35.9 Å². The minimum absolute atomic E-state index is 0.0880. The molecule has 0 aliphatic carbocycles. The number of fused-ring (bicyclic) bond motifs is 1. The van der Waals surface area contributed by atoms with Crippen LogP contribution in [0, 0.1) is 0 Å². The number of carbonyl (C=O) groups excluding carboxylic acids is 1. The standard InChI is InChI=1S/C20H16N4OS/c1-13(25)23-15-7-9-16(10-8-15)24-19-17-11-18(14-5-3-2-4-6-14)26-20(17)22-12-21-19/h2-12H,1H3,(H,23,25)(H,21,22,24). The average Bonchev–Trinajstić information content (AvgIpc) is 3.09. The van der Waals surface area contributed by atoms with E-state index in [0.29, 0.717) is 0 Å². The Bertz CT molecular complexity index is 1060. The molecule has 2 N–H and O–H groups in total. The van der Waals surface area contributed by atoms with Crippen LogP contribution in [-0.2, 0) is 4.79 Å². The molecule has 2 aromatic carbocycles. The quantitative estimate of drug-likeness (QED) is 0.534. The van der Waals surface area contributed by atoms with Gasteiger partial charge in [-0.15, -0.1) is 11.3 Å². The first-order valence-electron chi connectivity index (χ1n) is 8.14. The van der Waals surface area contributed by atoms with Gasteiger partial charge in [0.2, 0.25) is 5.91 Å². The van der Waals surface area contributed by atoms with Crippen molar-refractivity contribution in [1.82, 2.24) is 9.97 Å². The molecule has 0 radical (unpaired) electrons. The molecule has 0 saturated heterocycles. The average molecular weight is 360 g/mol. The van der Waals surface area contributed by atoms with Crippen LogP contribution in [0.1, 0.15) is 6.92 Å². The monoisotopic (exact) mass is 360 g/mol. The molecule has 4 aromatic rings. The van der Waals surface area contributed by atoms with Crippen molar-refractivity contribution in [2.75, 3.05) is 10.6 Å². The molecular formula is C20H16N4OS. The lowest BCUT2D eigenvalue weighted by Gasteiger charge is -2.07. The van der Waals surface area contributed by atoms with E-state index in [1.807, 2.05) is 42.5 Å². The van der Waals surface area contributed by atoms with E-state index in [1.165, 1.54) is 12.5 Å². The van der Waals surface area contributed by atoms with E-state index in [-0.39, 0.29) is 5.91 Å². The summed E-state index contributed by atoms with van der Waals surface area (Å²) in [5.74, 6) is 0.677. The number of amides is 1. The minimum Gasteiger partial charge on any atom is -0.340 e. The Morgan fingerprint density at radius 1 is 0.962 bits per heavy atom. The number of thiophene rings is 1.